The van der Waals surface area contributed by atoms with Crippen molar-refractivity contribution in [2.75, 3.05) is 27.4 Å². The second kappa shape index (κ2) is 14.4. The van der Waals surface area contributed by atoms with Crippen LogP contribution in [0.3, 0.4) is 0 Å². The summed E-state index contributed by atoms with van der Waals surface area (Å²) in [6.45, 7) is 5.40. The molecule has 0 unspecified atom stereocenters. The molecule has 0 radical (unpaired) electrons. The van der Waals surface area contributed by atoms with Gasteiger partial charge in [0, 0.05) is 19.0 Å². The van der Waals surface area contributed by atoms with Gasteiger partial charge in [0.05, 0.1) is 28.0 Å². The minimum atomic E-state index is -6.13. The summed E-state index contributed by atoms with van der Waals surface area (Å²) in [5.74, 6) is 4.54. The highest BCUT2D eigenvalue weighted by atomic mass is 32.2. The quantitative estimate of drug-likeness (QED) is 0.0649. The lowest BCUT2D eigenvalue weighted by atomic mass is 9.79. The number of terminal acetylenes is 1. The van der Waals surface area contributed by atoms with Crippen LogP contribution in [0.5, 0.6) is 5.75 Å². The van der Waals surface area contributed by atoms with E-state index in [0.29, 0.717) is 18.1 Å². The van der Waals surface area contributed by atoms with E-state index in [9.17, 15) is 31.2 Å². The van der Waals surface area contributed by atoms with E-state index >= 15 is 0 Å². The lowest BCUT2D eigenvalue weighted by molar-refractivity contribution is -0.168. The molecule has 1 rings (SSSR count). The number of methoxy groups -OCH3 is 2. The van der Waals surface area contributed by atoms with Crippen LogP contribution in [-0.4, -0.2) is 66.4 Å². The van der Waals surface area contributed by atoms with E-state index in [0.717, 1.165) is 14.2 Å². The van der Waals surface area contributed by atoms with Crippen LogP contribution in [0, 0.1) is 29.6 Å². The molecule has 216 valence electrons. The Hall–Kier alpha value is -3.07. The Morgan fingerprint density at radius 1 is 1.03 bits per heavy atom. The number of esters is 2. The molecule has 0 aliphatic heterocycles. The van der Waals surface area contributed by atoms with Crippen LogP contribution < -0.4 is 9.37 Å². The predicted molar refractivity (Wildman–Crippen MR) is 139 cm³/mol. The van der Waals surface area contributed by atoms with Crippen molar-refractivity contribution in [1.29, 1.82) is 0 Å². The van der Waals surface area contributed by atoms with Crippen LogP contribution in [0.4, 0.5) is 13.2 Å². The van der Waals surface area contributed by atoms with Crippen LogP contribution in [0.15, 0.2) is 12.3 Å². The number of carbonyl (C=O) groups excluding carboxylic acids is 2. The topological polar surface area (TPSA) is 118 Å². The fourth-order valence-electron chi connectivity index (χ4n) is 4.14. The average molecular weight is 592 g/mol. The molecule has 0 aliphatic carbocycles. The number of hydrogen-bond acceptors (Lipinski definition) is 9. The van der Waals surface area contributed by atoms with Crippen molar-refractivity contribution in [3.05, 3.63) is 18.0 Å². The largest absolute Gasteiger partial charge is 0.534 e. The zero-order chi connectivity index (χ0) is 29.9. The maximum absolute atomic E-state index is 13.4. The lowest BCUT2D eigenvalue weighted by Gasteiger charge is -2.32. The van der Waals surface area contributed by atoms with Gasteiger partial charge in [-0.05, 0) is 11.3 Å². The molecule has 39 heavy (non-hydrogen) atoms. The SMILES string of the molecule is C#CCOCC#CCC(Cc1nccc([Si](CC)(CC)CC)c1OS(=O)(=O)C(F)(F)F)(C(=O)OC)C(=O)OC. The van der Waals surface area contributed by atoms with Crippen LogP contribution in [0.25, 0.3) is 0 Å². The number of aromatic nitrogens is 1. The van der Waals surface area contributed by atoms with Crippen molar-refractivity contribution in [3.63, 3.8) is 0 Å². The Kier molecular flexibility index (Phi) is 12.5. The molecular formula is C25H32F3NO8SSi. The number of rotatable bonds is 13. The molecule has 0 spiro atoms. The Morgan fingerprint density at radius 3 is 2.05 bits per heavy atom. The molecule has 0 amide bonds. The first-order valence-electron chi connectivity index (χ1n) is 11.9. The zero-order valence-electron chi connectivity index (χ0n) is 22.4. The van der Waals surface area contributed by atoms with E-state index in [-0.39, 0.29) is 24.1 Å². The highest BCUT2D eigenvalue weighted by molar-refractivity contribution is 7.88. The number of pyridine rings is 1. The van der Waals surface area contributed by atoms with Gasteiger partial charge in [0.2, 0.25) is 0 Å². The summed E-state index contributed by atoms with van der Waals surface area (Å²) >= 11 is 0. The van der Waals surface area contributed by atoms with Crippen molar-refractivity contribution in [1.82, 2.24) is 4.98 Å². The zero-order valence-corrected chi connectivity index (χ0v) is 24.3. The number of hydrogen-bond donors (Lipinski definition) is 0. The molecule has 0 fully saturated rings. The summed E-state index contributed by atoms with van der Waals surface area (Å²) in [5.41, 5.74) is -8.32. The maximum Gasteiger partial charge on any atom is 0.534 e. The summed E-state index contributed by atoms with van der Waals surface area (Å²) in [6.07, 6.45) is 5.14. The first-order chi connectivity index (χ1) is 18.3. The van der Waals surface area contributed by atoms with Gasteiger partial charge in [0.25, 0.3) is 0 Å². The molecule has 0 aliphatic rings. The Labute approximate surface area is 227 Å². The standard InChI is InChI=1S/C25H32F3NO8SSi/c1-7-16-36-17-12-11-14-24(22(30)34-5,23(31)35-6)18-19-21(37-38(32,33)25(26,27)28)20(13-15-29-19)39(8-2,9-3)10-4/h1,13,15H,8-10,14,16-18H2,2-6H3. The Balaban J connectivity index is 3.93. The molecule has 9 nitrogen and oxygen atoms in total. The molecule has 1 heterocycles. The second-order valence-corrected chi connectivity index (χ2v) is 15.2. The highest BCUT2D eigenvalue weighted by Gasteiger charge is 2.52. The van der Waals surface area contributed by atoms with Crippen LogP contribution in [0.1, 0.15) is 32.9 Å². The fraction of sp³-hybridized carbons (Fsp3) is 0.560. The molecule has 0 bridgehead atoms. The van der Waals surface area contributed by atoms with E-state index in [1.807, 2.05) is 20.8 Å². The molecule has 0 aromatic carbocycles. The first kappa shape index (κ1) is 34.0. The summed E-state index contributed by atoms with van der Waals surface area (Å²) in [6, 6.07) is 3.07. The van der Waals surface area contributed by atoms with Crippen molar-refractivity contribution in [2.24, 2.45) is 5.41 Å². The van der Waals surface area contributed by atoms with E-state index in [1.54, 1.807) is 0 Å². The molecule has 0 saturated heterocycles. The van der Waals surface area contributed by atoms with Crippen LogP contribution in [0.2, 0.25) is 18.1 Å². The molecule has 0 N–H and O–H groups in total. The van der Waals surface area contributed by atoms with E-state index in [4.69, 9.17) is 24.8 Å². The summed E-state index contributed by atoms with van der Waals surface area (Å²) in [7, 11) is -6.73. The summed E-state index contributed by atoms with van der Waals surface area (Å²) in [4.78, 5) is 30.1. The molecule has 0 atom stereocenters. The van der Waals surface area contributed by atoms with Gasteiger partial charge in [0.15, 0.2) is 11.2 Å². The van der Waals surface area contributed by atoms with Gasteiger partial charge in [-0.25, -0.2) is 0 Å². The molecule has 0 saturated carbocycles. The first-order valence-corrected chi connectivity index (χ1v) is 15.9. The van der Waals surface area contributed by atoms with E-state index in [2.05, 4.69) is 22.7 Å². The smallest absolute Gasteiger partial charge is 0.468 e. The normalized spacial score (nSPS) is 12.1. The van der Waals surface area contributed by atoms with Gasteiger partial charge in [-0.3, -0.25) is 14.6 Å². The van der Waals surface area contributed by atoms with Gasteiger partial charge in [-0.2, -0.15) is 21.6 Å². The second-order valence-electron chi connectivity index (χ2n) is 8.43. The van der Waals surface area contributed by atoms with Crippen molar-refractivity contribution >= 4 is 35.3 Å². The third-order valence-corrected chi connectivity index (χ3v) is 13.1. The van der Waals surface area contributed by atoms with Crippen molar-refractivity contribution in [2.45, 2.75) is 57.3 Å². The molecule has 1 aromatic rings. The number of carbonyl (C=O) groups is 2. The lowest BCUT2D eigenvalue weighted by Crippen LogP contribution is -2.48. The minimum Gasteiger partial charge on any atom is -0.468 e. The van der Waals surface area contributed by atoms with Crippen LogP contribution in [-0.2, 0) is 40.3 Å². The van der Waals surface area contributed by atoms with E-state index in [1.165, 1.54) is 12.3 Å². The fourth-order valence-corrected chi connectivity index (χ4v) is 8.46. The van der Waals surface area contributed by atoms with Gasteiger partial charge >= 0.3 is 27.6 Å². The number of halogens is 3. The maximum atomic E-state index is 13.4. The number of alkyl halides is 3. The third-order valence-electron chi connectivity index (χ3n) is 6.55. The van der Waals surface area contributed by atoms with E-state index < -0.39 is 59.6 Å². The molecular weight excluding hydrogens is 559 g/mol. The summed E-state index contributed by atoms with van der Waals surface area (Å²) in [5, 5.41) is 0.269. The Bertz CT molecular complexity index is 1200. The number of nitrogens with zero attached hydrogens (tertiary/aromatic N) is 1. The Morgan fingerprint density at radius 2 is 1.59 bits per heavy atom. The molecule has 14 heteroatoms. The highest BCUT2D eigenvalue weighted by Crippen LogP contribution is 2.36. The van der Waals surface area contributed by atoms with Gasteiger partial charge in [-0.1, -0.05) is 56.7 Å². The van der Waals surface area contributed by atoms with Gasteiger partial charge in [0.1, 0.15) is 13.2 Å². The van der Waals surface area contributed by atoms with Crippen molar-refractivity contribution < 1.29 is 49.6 Å². The molecule has 1 aromatic heterocycles. The monoisotopic (exact) mass is 591 g/mol. The average Bonchev–Trinajstić information content (AvgIpc) is 2.90. The van der Waals surface area contributed by atoms with Gasteiger partial charge < -0.3 is 18.4 Å². The predicted octanol–water partition coefficient (Wildman–Crippen LogP) is 2.94. The summed E-state index contributed by atoms with van der Waals surface area (Å²) < 4.78 is 84.0. The minimum absolute atomic E-state index is 0.0309. The van der Waals surface area contributed by atoms with Crippen LogP contribution >= 0.6 is 0 Å². The number of ether oxygens (including phenoxy) is 3. The van der Waals surface area contributed by atoms with Crippen molar-refractivity contribution in [3.8, 4) is 29.9 Å². The van der Waals surface area contributed by atoms with Gasteiger partial charge in [-0.15, -0.1) is 6.42 Å². The third kappa shape index (κ3) is 7.74.